The summed E-state index contributed by atoms with van der Waals surface area (Å²) in [5.41, 5.74) is 12.7. The lowest BCUT2D eigenvalue weighted by molar-refractivity contribution is 0.340. The molecule has 1 atom stereocenters. The summed E-state index contributed by atoms with van der Waals surface area (Å²) in [5, 5.41) is 0. The third-order valence-electron chi connectivity index (χ3n) is 3.03. The largest absolute Gasteiger partial charge is 0.494 e. The van der Waals surface area contributed by atoms with Crippen LogP contribution in [0.5, 0.6) is 5.75 Å². The molecule has 0 radical (unpaired) electrons. The van der Waals surface area contributed by atoms with Gasteiger partial charge in [0.15, 0.2) is 0 Å². The van der Waals surface area contributed by atoms with Crippen molar-refractivity contribution >= 4 is 0 Å². The summed E-state index contributed by atoms with van der Waals surface area (Å²) in [6.07, 6.45) is 0. The van der Waals surface area contributed by atoms with Crippen molar-refractivity contribution < 1.29 is 4.74 Å². The number of ether oxygens (including phenoxy) is 1. The maximum atomic E-state index is 5.69. The van der Waals surface area contributed by atoms with Gasteiger partial charge < -0.3 is 16.2 Å². The van der Waals surface area contributed by atoms with Gasteiger partial charge in [0.25, 0.3) is 0 Å². The number of benzene rings is 1. The number of hydrogen-bond donors (Lipinski definition) is 2. The van der Waals surface area contributed by atoms with Crippen LogP contribution >= 0.6 is 0 Å². The molecule has 0 spiro atoms. The van der Waals surface area contributed by atoms with Gasteiger partial charge in [-0.2, -0.15) is 0 Å². The van der Waals surface area contributed by atoms with Gasteiger partial charge >= 0.3 is 0 Å². The zero-order valence-corrected chi connectivity index (χ0v) is 10.1. The van der Waals surface area contributed by atoms with Crippen LogP contribution < -0.4 is 16.2 Å². The Bertz CT molecular complexity index is 293. The molecule has 3 nitrogen and oxygen atoms in total. The van der Waals surface area contributed by atoms with E-state index in [2.05, 4.69) is 19.1 Å². The molecule has 1 unspecified atom stereocenters. The first-order chi connectivity index (χ1) is 7.72. The molecule has 1 aromatic rings. The minimum absolute atomic E-state index is 0.345. The summed E-state index contributed by atoms with van der Waals surface area (Å²) >= 11 is 0. The molecule has 4 N–H and O–H groups in total. The molecule has 1 rings (SSSR count). The second-order valence-corrected chi connectivity index (χ2v) is 4.02. The number of hydrogen-bond acceptors (Lipinski definition) is 3. The fourth-order valence-electron chi connectivity index (χ4n) is 1.81. The van der Waals surface area contributed by atoms with Crippen molar-refractivity contribution in [1.82, 2.24) is 0 Å². The Morgan fingerprint density at radius 3 is 2.12 bits per heavy atom. The lowest BCUT2D eigenvalue weighted by atomic mass is 9.88. The smallest absolute Gasteiger partial charge is 0.119 e. The van der Waals surface area contributed by atoms with Crippen molar-refractivity contribution in [1.29, 1.82) is 0 Å². The van der Waals surface area contributed by atoms with Crippen LogP contribution in [-0.4, -0.2) is 19.7 Å². The molecule has 0 saturated carbocycles. The van der Waals surface area contributed by atoms with E-state index in [1.807, 2.05) is 19.1 Å². The Morgan fingerprint density at radius 1 is 1.12 bits per heavy atom. The van der Waals surface area contributed by atoms with E-state index in [0.29, 0.717) is 31.5 Å². The van der Waals surface area contributed by atoms with E-state index in [9.17, 15) is 0 Å². The highest BCUT2D eigenvalue weighted by atomic mass is 16.5. The highest BCUT2D eigenvalue weighted by Gasteiger charge is 2.15. The molecule has 1 aromatic carbocycles. The summed E-state index contributed by atoms with van der Waals surface area (Å²) in [7, 11) is 0. The fourth-order valence-corrected chi connectivity index (χ4v) is 1.81. The Balaban J connectivity index is 2.72. The van der Waals surface area contributed by atoms with Gasteiger partial charge in [0, 0.05) is 0 Å². The molecule has 0 saturated heterocycles. The molecule has 90 valence electrons. The van der Waals surface area contributed by atoms with Gasteiger partial charge in [-0.05, 0) is 49.5 Å². The summed E-state index contributed by atoms with van der Waals surface area (Å²) in [6.45, 7) is 6.11. The number of rotatable bonds is 6. The van der Waals surface area contributed by atoms with Crippen molar-refractivity contribution in [3.8, 4) is 5.75 Å². The first-order valence-electron chi connectivity index (χ1n) is 5.85. The molecule has 3 heteroatoms. The minimum atomic E-state index is 0.345. The van der Waals surface area contributed by atoms with Gasteiger partial charge in [0.2, 0.25) is 0 Å². The van der Waals surface area contributed by atoms with Crippen LogP contribution in [0.25, 0.3) is 0 Å². The lowest BCUT2D eigenvalue weighted by Crippen LogP contribution is -2.27. The van der Waals surface area contributed by atoms with E-state index < -0.39 is 0 Å². The topological polar surface area (TPSA) is 61.3 Å². The van der Waals surface area contributed by atoms with E-state index in [0.717, 1.165) is 5.75 Å². The average molecular weight is 222 g/mol. The van der Waals surface area contributed by atoms with Gasteiger partial charge in [0.05, 0.1) is 6.61 Å². The summed E-state index contributed by atoms with van der Waals surface area (Å²) in [4.78, 5) is 0. The van der Waals surface area contributed by atoms with Gasteiger partial charge in [-0.25, -0.2) is 0 Å². The molecule has 0 aliphatic heterocycles. The molecule has 0 aliphatic rings. The highest BCUT2D eigenvalue weighted by molar-refractivity contribution is 5.29. The summed E-state index contributed by atoms with van der Waals surface area (Å²) in [6, 6.07) is 8.18. The molecule has 0 aliphatic carbocycles. The fraction of sp³-hybridized carbons (Fsp3) is 0.538. The SMILES string of the molecule is CCOc1ccc(C(C)C(CN)CN)cc1. The molecular formula is C13H22N2O. The zero-order valence-electron chi connectivity index (χ0n) is 10.1. The molecule has 16 heavy (non-hydrogen) atoms. The van der Waals surface area contributed by atoms with E-state index >= 15 is 0 Å². The van der Waals surface area contributed by atoms with E-state index in [1.165, 1.54) is 5.56 Å². The molecular weight excluding hydrogens is 200 g/mol. The Hall–Kier alpha value is -1.06. The van der Waals surface area contributed by atoms with Gasteiger partial charge in [-0.1, -0.05) is 19.1 Å². The Labute approximate surface area is 97.8 Å². The monoisotopic (exact) mass is 222 g/mol. The Morgan fingerprint density at radius 2 is 1.69 bits per heavy atom. The maximum Gasteiger partial charge on any atom is 0.119 e. The number of nitrogens with two attached hydrogens (primary N) is 2. The van der Waals surface area contributed by atoms with Crippen molar-refractivity contribution in [2.75, 3.05) is 19.7 Å². The van der Waals surface area contributed by atoms with Gasteiger partial charge in [0.1, 0.15) is 5.75 Å². The first kappa shape index (κ1) is 13.0. The van der Waals surface area contributed by atoms with Gasteiger partial charge in [-0.15, -0.1) is 0 Å². The predicted octanol–water partition coefficient (Wildman–Crippen LogP) is 1.72. The standard InChI is InChI=1S/C13H22N2O/c1-3-16-13-6-4-11(5-7-13)10(2)12(8-14)9-15/h4-7,10,12H,3,8-9,14-15H2,1-2H3. The van der Waals surface area contributed by atoms with Crippen molar-refractivity contribution in [2.24, 2.45) is 17.4 Å². The second-order valence-electron chi connectivity index (χ2n) is 4.02. The molecule has 0 heterocycles. The third kappa shape index (κ3) is 3.22. The summed E-state index contributed by atoms with van der Waals surface area (Å²) in [5.74, 6) is 1.65. The third-order valence-corrected chi connectivity index (χ3v) is 3.03. The van der Waals surface area contributed by atoms with Crippen LogP contribution in [0.1, 0.15) is 25.3 Å². The van der Waals surface area contributed by atoms with Crippen LogP contribution in [-0.2, 0) is 0 Å². The first-order valence-corrected chi connectivity index (χ1v) is 5.85. The van der Waals surface area contributed by atoms with Gasteiger partial charge in [-0.3, -0.25) is 0 Å². The second kappa shape index (κ2) is 6.51. The van der Waals surface area contributed by atoms with Crippen LogP contribution in [0.15, 0.2) is 24.3 Å². The average Bonchev–Trinajstić information content (AvgIpc) is 2.32. The molecule has 0 aromatic heterocycles. The van der Waals surface area contributed by atoms with Crippen molar-refractivity contribution in [3.05, 3.63) is 29.8 Å². The molecule has 0 amide bonds. The normalized spacial score (nSPS) is 12.8. The highest BCUT2D eigenvalue weighted by Crippen LogP contribution is 2.24. The van der Waals surface area contributed by atoms with Crippen LogP contribution in [0.4, 0.5) is 0 Å². The van der Waals surface area contributed by atoms with Crippen LogP contribution in [0.3, 0.4) is 0 Å². The summed E-state index contributed by atoms with van der Waals surface area (Å²) < 4.78 is 5.40. The van der Waals surface area contributed by atoms with E-state index in [4.69, 9.17) is 16.2 Å². The van der Waals surface area contributed by atoms with Crippen molar-refractivity contribution in [2.45, 2.75) is 19.8 Å². The lowest BCUT2D eigenvalue weighted by Gasteiger charge is -2.21. The van der Waals surface area contributed by atoms with Crippen LogP contribution in [0, 0.1) is 5.92 Å². The Kier molecular flexibility index (Phi) is 5.29. The van der Waals surface area contributed by atoms with Crippen LogP contribution in [0.2, 0.25) is 0 Å². The maximum absolute atomic E-state index is 5.69. The van der Waals surface area contributed by atoms with Crippen molar-refractivity contribution in [3.63, 3.8) is 0 Å². The van der Waals surface area contributed by atoms with E-state index in [1.54, 1.807) is 0 Å². The minimum Gasteiger partial charge on any atom is -0.494 e. The molecule has 0 bridgehead atoms. The predicted molar refractivity (Wildman–Crippen MR) is 67.6 cm³/mol. The quantitative estimate of drug-likeness (QED) is 0.770. The zero-order chi connectivity index (χ0) is 12.0. The molecule has 0 fully saturated rings. The van der Waals surface area contributed by atoms with E-state index in [-0.39, 0.29) is 0 Å².